The van der Waals surface area contributed by atoms with E-state index >= 15 is 0 Å². The molecule has 0 saturated carbocycles. The van der Waals surface area contributed by atoms with Crippen molar-refractivity contribution in [1.82, 2.24) is 29.0 Å². The number of carbonyl (C=O) groups is 2. The molecule has 1 unspecified atom stereocenters. The highest BCUT2D eigenvalue weighted by atomic mass is 35.5. The lowest BCUT2D eigenvalue weighted by atomic mass is 9.69. The van der Waals surface area contributed by atoms with Crippen LogP contribution in [0.5, 0.6) is 5.75 Å². The number of ether oxygens (including phenoxy) is 1. The van der Waals surface area contributed by atoms with Gasteiger partial charge in [0.15, 0.2) is 11.5 Å². The van der Waals surface area contributed by atoms with Crippen LogP contribution in [-0.4, -0.2) is 72.3 Å². The van der Waals surface area contributed by atoms with Crippen molar-refractivity contribution in [2.75, 3.05) is 31.6 Å². The highest BCUT2D eigenvalue weighted by molar-refractivity contribution is 6.33. The summed E-state index contributed by atoms with van der Waals surface area (Å²) in [6.07, 6.45) is 0.534. The van der Waals surface area contributed by atoms with Crippen molar-refractivity contribution in [3.05, 3.63) is 86.3 Å². The number of benzene rings is 1. The molecule has 16 heteroatoms. The van der Waals surface area contributed by atoms with Crippen LogP contribution in [0.15, 0.2) is 47.4 Å². The third kappa shape index (κ3) is 5.73. The number of halogens is 4. The van der Waals surface area contributed by atoms with Crippen molar-refractivity contribution in [2.45, 2.75) is 50.7 Å². The first kappa shape index (κ1) is 32.8. The molecule has 3 aromatic heterocycles. The van der Waals surface area contributed by atoms with Gasteiger partial charge in [-0.15, -0.1) is 5.10 Å². The number of aromatic nitrogens is 5. The van der Waals surface area contributed by atoms with Gasteiger partial charge in [-0.1, -0.05) is 24.6 Å². The van der Waals surface area contributed by atoms with E-state index in [-0.39, 0.29) is 46.0 Å². The lowest BCUT2D eigenvalue weighted by Crippen LogP contribution is -2.49. The van der Waals surface area contributed by atoms with Gasteiger partial charge in [0.2, 0.25) is 11.7 Å². The predicted octanol–water partition coefficient (Wildman–Crippen LogP) is 4.47. The normalized spacial score (nSPS) is 18.8. The fourth-order valence-corrected chi connectivity index (χ4v) is 7.49. The smallest absolute Gasteiger partial charge is 0.416 e. The molecule has 49 heavy (non-hydrogen) atoms. The second-order valence-electron chi connectivity index (χ2n) is 12.6. The van der Waals surface area contributed by atoms with Crippen LogP contribution in [0.4, 0.5) is 18.9 Å². The number of piperidine rings is 1. The van der Waals surface area contributed by atoms with Crippen LogP contribution in [0, 0.1) is 5.92 Å². The van der Waals surface area contributed by atoms with Gasteiger partial charge in [0.05, 0.1) is 29.5 Å². The lowest BCUT2D eigenvalue weighted by molar-refractivity contribution is -0.137. The fourth-order valence-electron chi connectivity index (χ4n) is 7.27. The Morgan fingerprint density at radius 2 is 1.98 bits per heavy atom. The molecule has 1 spiro atoms. The number of carbonyl (C=O) groups excluding carboxylic acids is 2. The average Bonchev–Trinajstić information content (AvgIpc) is 3.64. The highest BCUT2D eigenvalue weighted by Crippen LogP contribution is 2.49. The lowest BCUT2D eigenvalue weighted by Gasteiger charge is -2.42. The number of nitrogens with zero attached hydrogens (tertiary/aromatic N) is 6. The largest absolute Gasteiger partial charge is 0.505 e. The summed E-state index contributed by atoms with van der Waals surface area (Å²) < 4.78 is 47.9. The minimum Gasteiger partial charge on any atom is -0.505 e. The maximum Gasteiger partial charge on any atom is 0.416 e. The van der Waals surface area contributed by atoms with Crippen molar-refractivity contribution in [3.63, 3.8) is 0 Å². The maximum atomic E-state index is 14.4. The van der Waals surface area contributed by atoms with E-state index in [1.807, 2.05) is 13.0 Å². The van der Waals surface area contributed by atoms with E-state index in [4.69, 9.17) is 21.3 Å². The molecular formula is C33H31ClF3N7O5. The molecule has 12 nitrogen and oxygen atoms in total. The number of hydrogen-bond donors (Lipinski definition) is 2. The molecule has 256 valence electrons. The van der Waals surface area contributed by atoms with Gasteiger partial charge in [0, 0.05) is 36.0 Å². The molecular weight excluding hydrogens is 667 g/mol. The first-order valence-electron chi connectivity index (χ1n) is 15.8. The van der Waals surface area contributed by atoms with E-state index in [1.54, 1.807) is 9.47 Å². The van der Waals surface area contributed by atoms with Crippen LogP contribution in [0.1, 0.15) is 59.3 Å². The van der Waals surface area contributed by atoms with E-state index in [2.05, 4.69) is 15.4 Å². The third-order valence-electron chi connectivity index (χ3n) is 9.85. The molecule has 1 atom stereocenters. The molecule has 4 aromatic rings. The van der Waals surface area contributed by atoms with E-state index in [1.165, 1.54) is 22.8 Å². The van der Waals surface area contributed by atoms with Crippen LogP contribution >= 0.6 is 11.6 Å². The van der Waals surface area contributed by atoms with Crippen molar-refractivity contribution >= 4 is 40.5 Å². The molecule has 1 aliphatic carbocycles. The Morgan fingerprint density at radius 1 is 1.20 bits per heavy atom. The molecule has 7 rings (SSSR count). The van der Waals surface area contributed by atoms with Gasteiger partial charge in [-0.05, 0) is 67.5 Å². The summed E-state index contributed by atoms with van der Waals surface area (Å²) in [6, 6.07) is 5.61. The van der Waals surface area contributed by atoms with E-state index in [0.29, 0.717) is 69.1 Å². The van der Waals surface area contributed by atoms with Gasteiger partial charge in [0.25, 0.3) is 11.5 Å². The predicted molar refractivity (Wildman–Crippen MR) is 171 cm³/mol. The van der Waals surface area contributed by atoms with Crippen LogP contribution in [-0.2, 0) is 34.1 Å². The van der Waals surface area contributed by atoms with Crippen LogP contribution in [0.3, 0.4) is 0 Å². The number of likely N-dealkylation sites (tertiary alicyclic amines) is 1. The zero-order valence-corrected chi connectivity index (χ0v) is 27.0. The number of amides is 2. The molecule has 0 radical (unpaired) electrons. The molecule has 2 amide bonds. The van der Waals surface area contributed by atoms with Crippen LogP contribution in [0.25, 0.3) is 11.4 Å². The van der Waals surface area contributed by atoms with Gasteiger partial charge < -0.3 is 24.6 Å². The quantitative estimate of drug-likeness (QED) is 0.311. The fraction of sp³-hybridized carbons (Fsp3) is 0.394. The number of nitrogens with one attached hydrogen (secondary N) is 1. The molecule has 2 aliphatic heterocycles. The summed E-state index contributed by atoms with van der Waals surface area (Å²) in [5.74, 6) is -0.775. The molecule has 2 N–H and O–H groups in total. The first-order chi connectivity index (χ1) is 23.4. The number of pyridine rings is 1. The van der Waals surface area contributed by atoms with Gasteiger partial charge in [-0.2, -0.15) is 22.7 Å². The summed E-state index contributed by atoms with van der Waals surface area (Å²) >= 11 is 6.13. The molecule has 5 heterocycles. The number of alkyl halides is 3. The van der Waals surface area contributed by atoms with Crippen LogP contribution < -0.4 is 10.9 Å². The summed E-state index contributed by atoms with van der Waals surface area (Å²) in [5, 5.41) is 17.1. The maximum absolute atomic E-state index is 14.4. The van der Waals surface area contributed by atoms with Gasteiger partial charge in [0.1, 0.15) is 12.3 Å². The molecule has 1 aromatic carbocycles. The van der Waals surface area contributed by atoms with E-state index < -0.39 is 29.0 Å². The Balaban J connectivity index is 1.26. The van der Waals surface area contributed by atoms with Gasteiger partial charge in [-0.3, -0.25) is 14.4 Å². The minimum atomic E-state index is -4.60. The standard InChI is InChI=1S/C33H31ClF3N7O5/c1-18-15-23-26(32(18)8-11-42(12-9-32)30(48)27-24(45)3-2-10-38-27)29(47)44-31(40-28(41-44)19-6-13-49-14-7-19)43(23)17-25(46)39-22-5-4-20(16-21(22)34)33(35,36)37/h2-6,10,16,18,45H,7-9,11-15,17H2,1H3,(H,39,46). The summed E-state index contributed by atoms with van der Waals surface area (Å²) in [4.78, 5) is 51.5. The third-order valence-corrected chi connectivity index (χ3v) is 10.2. The highest BCUT2D eigenvalue weighted by Gasteiger charge is 2.51. The van der Waals surface area contributed by atoms with Crippen molar-refractivity contribution in [3.8, 4) is 5.75 Å². The summed E-state index contributed by atoms with van der Waals surface area (Å²) in [6.45, 7) is 3.15. The number of rotatable bonds is 5. The Kier molecular flexibility index (Phi) is 8.22. The summed E-state index contributed by atoms with van der Waals surface area (Å²) in [7, 11) is 0. The molecule has 1 fully saturated rings. The zero-order valence-electron chi connectivity index (χ0n) is 26.3. The number of hydrogen-bond acceptors (Lipinski definition) is 8. The summed E-state index contributed by atoms with van der Waals surface area (Å²) in [5.41, 5.74) is -0.0814. The number of aromatic hydroxyl groups is 1. The van der Waals surface area contributed by atoms with Crippen LogP contribution in [0.2, 0.25) is 5.02 Å². The Bertz CT molecular complexity index is 2090. The van der Waals surface area contributed by atoms with Crippen molar-refractivity contribution < 1.29 is 32.6 Å². The zero-order chi connectivity index (χ0) is 34.7. The molecule has 3 aliphatic rings. The SMILES string of the molecule is CC1Cc2c(c(=O)n3nc(C4=CCOCC4)nc3n2CC(=O)Nc2ccc(C(F)(F)F)cc2Cl)C12CCN(C(=O)c1ncccc1O)CC2. The Morgan fingerprint density at radius 3 is 2.65 bits per heavy atom. The Hall–Kier alpha value is -4.76. The first-order valence-corrected chi connectivity index (χ1v) is 16.1. The second-order valence-corrected chi connectivity index (χ2v) is 13.0. The number of fused-ring (bicyclic) bond motifs is 3. The topological polar surface area (TPSA) is 144 Å². The minimum absolute atomic E-state index is 0.00344. The van der Waals surface area contributed by atoms with Crippen molar-refractivity contribution in [1.29, 1.82) is 0 Å². The second kappa shape index (κ2) is 12.3. The monoisotopic (exact) mass is 697 g/mol. The van der Waals surface area contributed by atoms with E-state index in [9.17, 15) is 32.7 Å². The van der Waals surface area contributed by atoms with Crippen molar-refractivity contribution in [2.24, 2.45) is 5.92 Å². The molecule has 0 bridgehead atoms. The Labute approximate surface area is 282 Å². The van der Waals surface area contributed by atoms with Gasteiger partial charge in [-0.25, -0.2) is 4.98 Å². The molecule has 1 saturated heterocycles. The van der Waals surface area contributed by atoms with E-state index in [0.717, 1.165) is 23.8 Å². The average molecular weight is 698 g/mol. The van der Waals surface area contributed by atoms with Gasteiger partial charge >= 0.3 is 6.18 Å². The number of anilines is 1.